The van der Waals surface area contributed by atoms with Crippen LogP contribution in [0.1, 0.15) is 51.7 Å². The SMILES string of the molecule is CCNC(=NCc1ccccc1CN1CCOCC1)NCC1CCCOC1C(C)(C)C. The molecule has 3 rings (SSSR count). The molecular weight excluding hydrogens is 388 g/mol. The van der Waals surface area contributed by atoms with E-state index >= 15 is 0 Å². The first-order chi connectivity index (χ1) is 15.0. The van der Waals surface area contributed by atoms with Crippen LogP contribution in [0.2, 0.25) is 0 Å². The molecule has 2 unspecified atom stereocenters. The van der Waals surface area contributed by atoms with Crippen molar-refractivity contribution in [1.29, 1.82) is 0 Å². The molecule has 0 amide bonds. The Morgan fingerprint density at radius 2 is 1.84 bits per heavy atom. The molecule has 2 N–H and O–H groups in total. The van der Waals surface area contributed by atoms with Crippen LogP contribution >= 0.6 is 0 Å². The van der Waals surface area contributed by atoms with Crippen molar-refractivity contribution >= 4 is 5.96 Å². The van der Waals surface area contributed by atoms with Crippen molar-refractivity contribution < 1.29 is 9.47 Å². The number of benzene rings is 1. The Balaban J connectivity index is 1.62. The van der Waals surface area contributed by atoms with E-state index in [-0.39, 0.29) is 11.5 Å². The van der Waals surface area contributed by atoms with Gasteiger partial charge in [0.05, 0.1) is 25.9 Å². The van der Waals surface area contributed by atoms with E-state index in [1.807, 2.05) is 0 Å². The quantitative estimate of drug-likeness (QED) is 0.513. The Labute approximate surface area is 188 Å². The van der Waals surface area contributed by atoms with Crippen LogP contribution in [-0.2, 0) is 22.6 Å². The molecule has 2 heterocycles. The van der Waals surface area contributed by atoms with Crippen molar-refractivity contribution in [1.82, 2.24) is 15.5 Å². The number of nitrogens with one attached hydrogen (secondary N) is 2. The third-order valence-electron chi connectivity index (χ3n) is 6.20. The number of ether oxygens (including phenoxy) is 2. The normalized spacial score (nSPS) is 23.5. The van der Waals surface area contributed by atoms with Gasteiger partial charge in [0.15, 0.2) is 5.96 Å². The van der Waals surface area contributed by atoms with Gasteiger partial charge in [-0.25, -0.2) is 4.99 Å². The van der Waals surface area contributed by atoms with Crippen LogP contribution in [0, 0.1) is 11.3 Å². The van der Waals surface area contributed by atoms with Crippen LogP contribution in [0.3, 0.4) is 0 Å². The van der Waals surface area contributed by atoms with E-state index in [1.54, 1.807) is 0 Å². The number of rotatable bonds is 7. The molecule has 2 atom stereocenters. The lowest BCUT2D eigenvalue weighted by atomic mass is 9.78. The summed E-state index contributed by atoms with van der Waals surface area (Å²) in [5, 5.41) is 7.01. The van der Waals surface area contributed by atoms with E-state index in [0.29, 0.717) is 12.5 Å². The number of hydrogen-bond donors (Lipinski definition) is 2. The van der Waals surface area contributed by atoms with Crippen LogP contribution in [0.5, 0.6) is 0 Å². The molecule has 1 aromatic carbocycles. The maximum atomic E-state index is 6.15. The summed E-state index contributed by atoms with van der Waals surface area (Å²) in [5.41, 5.74) is 2.80. The molecule has 6 heteroatoms. The molecule has 2 aliphatic rings. The number of nitrogens with zero attached hydrogens (tertiary/aromatic N) is 2. The molecule has 31 heavy (non-hydrogen) atoms. The highest BCUT2D eigenvalue weighted by Gasteiger charge is 2.35. The van der Waals surface area contributed by atoms with Gasteiger partial charge in [-0.3, -0.25) is 4.90 Å². The highest BCUT2D eigenvalue weighted by molar-refractivity contribution is 5.79. The van der Waals surface area contributed by atoms with Gasteiger partial charge in [0.1, 0.15) is 0 Å². The molecule has 0 radical (unpaired) electrons. The predicted molar refractivity (Wildman–Crippen MR) is 127 cm³/mol. The zero-order valence-electron chi connectivity index (χ0n) is 20.0. The molecule has 6 nitrogen and oxygen atoms in total. The van der Waals surface area contributed by atoms with Gasteiger partial charge in [0.2, 0.25) is 0 Å². The van der Waals surface area contributed by atoms with Crippen molar-refractivity contribution in [2.45, 2.75) is 59.7 Å². The van der Waals surface area contributed by atoms with Crippen molar-refractivity contribution in [3.05, 3.63) is 35.4 Å². The summed E-state index contributed by atoms with van der Waals surface area (Å²) in [4.78, 5) is 7.38. The van der Waals surface area contributed by atoms with E-state index in [1.165, 1.54) is 17.5 Å². The summed E-state index contributed by atoms with van der Waals surface area (Å²) in [6, 6.07) is 8.67. The second kappa shape index (κ2) is 11.8. The van der Waals surface area contributed by atoms with Gasteiger partial charge in [-0.2, -0.15) is 0 Å². The molecule has 174 valence electrons. The molecule has 0 aliphatic carbocycles. The van der Waals surface area contributed by atoms with Gasteiger partial charge in [0.25, 0.3) is 0 Å². The fourth-order valence-corrected chi connectivity index (χ4v) is 4.61. The predicted octanol–water partition coefficient (Wildman–Crippen LogP) is 3.42. The van der Waals surface area contributed by atoms with E-state index in [9.17, 15) is 0 Å². The largest absolute Gasteiger partial charge is 0.379 e. The zero-order valence-corrected chi connectivity index (χ0v) is 20.0. The smallest absolute Gasteiger partial charge is 0.191 e. The highest BCUT2D eigenvalue weighted by atomic mass is 16.5. The van der Waals surface area contributed by atoms with Crippen LogP contribution in [0.25, 0.3) is 0 Å². The van der Waals surface area contributed by atoms with Crippen molar-refractivity contribution in [2.24, 2.45) is 16.3 Å². The summed E-state index contributed by atoms with van der Waals surface area (Å²) in [6.07, 6.45) is 2.63. The maximum absolute atomic E-state index is 6.15. The fourth-order valence-electron chi connectivity index (χ4n) is 4.61. The Morgan fingerprint density at radius 3 is 2.55 bits per heavy atom. The Hall–Kier alpha value is -1.63. The summed E-state index contributed by atoms with van der Waals surface area (Å²) < 4.78 is 11.6. The topological polar surface area (TPSA) is 58.1 Å². The number of hydrogen-bond acceptors (Lipinski definition) is 4. The first-order valence-electron chi connectivity index (χ1n) is 12.0. The first-order valence-corrected chi connectivity index (χ1v) is 12.0. The molecular formula is C25H42N4O2. The minimum atomic E-state index is 0.153. The average Bonchev–Trinajstić information content (AvgIpc) is 2.77. The van der Waals surface area contributed by atoms with Gasteiger partial charge in [0, 0.05) is 45.2 Å². The van der Waals surface area contributed by atoms with E-state index < -0.39 is 0 Å². The van der Waals surface area contributed by atoms with Crippen LogP contribution in [0.4, 0.5) is 0 Å². The molecule has 0 saturated carbocycles. The molecule has 1 aromatic rings. The third kappa shape index (κ3) is 7.48. The van der Waals surface area contributed by atoms with Crippen molar-refractivity contribution in [2.75, 3.05) is 46.0 Å². The monoisotopic (exact) mass is 430 g/mol. The van der Waals surface area contributed by atoms with Crippen molar-refractivity contribution in [3.8, 4) is 0 Å². The van der Waals surface area contributed by atoms with Gasteiger partial charge < -0.3 is 20.1 Å². The zero-order chi connectivity index (χ0) is 22.1. The lowest BCUT2D eigenvalue weighted by Gasteiger charge is -2.40. The van der Waals surface area contributed by atoms with Crippen LogP contribution < -0.4 is 10.6 Å². The summed E-state index contributed by atoms with van der Waals surface area (Å²) >= 11 is 0. The summed E-state index contributed by atoms with van der Waals surface area (Å²) in [6.45, 7) is 16.9. The van der Waals surface area contributed by atoms with Gasteiger partial charge in [-0.05, 0) is 36.3 Å². The fraction of sp³-hybridized carbons (Fsp3) is 0.720. The van der Waals surface area contributed by atoms with Crippen LogP contribution in [0.15, 0.2) is 29.3 Å². The Kier molecular flexibility index (Phi) is 9.17. The second-order valence-corrected chi connectivity index (χ2v) is 9.79. The van der Waals surface area contributed by atoms with E-state index in [0.717, 1.165) is 64.9 Å². The van der Waals surface area contributed by atoms with Crippen LogP contribution in [-0.4, -0.2) is 63.0 Å². The first kappa shape index (κ1) is 24.0. The number of guanidine groups is 1. The third-order valence-corrected chi connectivity index (χ3v) is 6.20. The van der Waals surface area contributed by atoms with Gasteiger partial charge in [-0.1, -0.05) is 45.0 Å². The Morgan fingerprint density at radius 1 is 1.10 bits per heavy atom. The molecule has 2 aliphatic heterocycles. The summed E-state index contributed by atoms with van der Waals surface area (Å²) in [5.74, 6) is 1.40. The summed E-state index contributed by atoms with van der Waals surface area (Å²) in [7, 11) is 0. The minimum Gasteiger partial charge on any atom is -0.379 e. The lowest BCUT2D eigenvalue weighted by molar-refractivity contribution is -0.0835. The molecule has 0 aromatic heterocycles. The molecule has 0 spiro atoms. The maximum Gasteiger partial charge on any atom is 0.191 e. The van der Waals surface area contributed by atoms with Crippen molar-refractivity contribution in [3.63, 3.8) is 0 Å². The molecule has 2 saturated heterocycles. The second-order valence-electron chi connectivity index (χ2n) is 9.79. The van der Waals surface area contributed by atoms with E-state index in [4.69, 9.17) is 14.5 Å². The van der Waals surface area contributed by atoms with Gasteiger partial charge in [-0.15, -0.1) is 0 Å². The van der Waals surface area contributed by atoms with Gasteiger partial charge >= 0.3 is 0 Å². The minimum absolute atomic E-state index is 0.153. The Bertz CT molecular complexity index is 695. The molecule has 2 fully saturated rings. The van der Waals surface area contributed by atoms with E-state index in [2.05, 4.69) is 67.5 Å². The average molecular weight is 431 g/mol. The number of morpholine rings is 1. The molecule has 0 bridgehead atoms. The standard InChI is InChI=1S/C25H42N4O2/c1-5-26-24(28-18-21-11-8-14-31-23(21)25(2,3)4)27-17-20-9-6-7-10-22(20)19-29-12-15-30-16-13-29/h6-7,9-10,21,23H,5,8,11-19H2,1-4H3,(H2,26,27,28). The highest BCUT2D eigenvalue weighted by Crippen LogP contribution is 2.33. The number of aliphatic imine (C=N–C) groups is 1. The lowest BCUT2D eigenvalue weighted by Crippen LogP contribution is -2.47.